The van der Waals surface area contributed by atoms with E-state index in [9.17, 15) is 0 Å². The molecule has 0 unspecified atom stereocenters. The third-order valence-corrected chi connectivity index (χ3v) is 3.30. The molecule has 0 aliphatic carbocycles. The fourth-order valence-corrected chi connectivity index (χ4v) is 2.19. The van der Waals surface area contributed by atoms with E-state index in [2.05, 4.69) is 20.1 Å². The maximum Gasteiger partial charge on any atom is 0.201 e. The van der Waals surface area contributed by atoms with Crippen molar-refractivity contribution in [1.29, 1.82) is 0 Å². The smallest absolute Gasteiger partial charge is 0.201 e. The van der Waals surface area contributed by atoms with Crippen molar-refractivity contribution >= 4 is 11.5 Å². The van der Waals surface area contributed by atoms with Crippen LogP contribution in [0.25, 0.3) is 0 Å². The van der Waals surface area contributed by atoms with Crippen LogP contribution < -0.4 is 9.64 Å². The Morgan fingerprint density at radius 3 is 3.00 bits per heavy atom. The molecule has 116 valence electrons. The first-order valence-electron chi connectivity index (χ1n) is 7.22. The van der Waals surface area contributed by atoms with Gasteiger partial charge >= 0.3 is 0 Å². The molecular formula is C15H19N5O2. The number of likely N-dealkylation sites (N-methyl/N-ethyl adjacent to an activating group) is 1. The van der Waals surface area contributed by atoms with E-state index in [4.69, 9.17) is 9.57 Å². The third kappa shape index (κ3) is 2.88. The van der Waals surface area contributed by atoms with Crippen LogP contribution in [-0.2, 0) is 4.84 Å². The Balaban J connectivity index is 2.01. The largest absolute Gasteiger partial charge is 0.490 e. The Morgan fingerprint density at radius 1 is 1.41 bits per heavy atom. The van der Waals surface area contributed by atoms with Gasteiger partial charge in [0.15, 0.2) is 0 Å². The number of benzene rings is 1. The van der Waals surface area contributed by atoms with Gasteiger partial charge in [-0.1, -0.05) is 5.16 Å². The zero-order chi connectivity index (χ0) is 15.5. The number of aromatic nitrogens is 3. The topological polar surface area (TPSA) is 64.8 Å². The average Bonchev–Trinajstić information content (AvgIpc) is 3.02. The number of hydrogen-bond donors (Lipinski definition) is 0. The van der Waals surface area contributed by atoms with Crippen LogP contribution in [0.5, 0.6) is 5.75 Å². The maximum atomic E-state index is 5.67. The van der Waals surface area contributed by atoms with Crippen LogP contribution in [0, 0.1) is 0 Å². The first-order valence-corrected chi connectivity index (χ1v) is 7.22. The summed E-state index contributed by atoms with van der Waals surface area (Å²) in [5.74, 6) is 1.47. The summed E-state index contributed by atoms with van der Waals surface area (Å²) in [5, 5.41) is 8.38. The van der Waals surface area contributed by atoms with Gasteiger partial charge in [-0.15, -0.1) is 0 Å². The second kappa shape index (κ2) is 6.05. The van der Waals surface area contributed by atoms with Crippen LogP contribution in [0.4, 0.5) is 5.69 Å². The number of nitrogens with zero attached hydrogens (tertiary/aromatic N) is 5. The molecule has 0 saturated carbocycles. The molecule has 1 aromatic carbocycles. The minimum atomic E-state index is -0.0119. The molecule has 0 fully saturated rings. The molecule has 0 saturated heterocycles. The molecular weight excluding hydrogens is 282 g/mol. The molecule has 2 heterocycles. The molecule has 3 rings (SSSR count). The highest BCUT2D eigenvalue weighted by atomic mass is 16.6. The van der Waals surface area contributed by atoms with Crippen LogP contribution in [0.3, 0.4) is 0 Å². The van der Waals surface area contributed by atoms with Gasteiger partial charge in [0.05, 0.1) is 12.2 Å². The Labute approximate surface area is 129 Å². The average molecular weight is 301 g/mol. The third-order valence-electron chi connectivity index (χ3n) is 3.30. The van der Waals surface area contributed by atoms with Crippen molar-refractivity contribution < 1.29 is 9.57 Å². The first-order chi connectivity index (χ1) is 10.6. The molecule has 0 bridgehead atoms. The Hall–Kier alpha value is -2.57. The lowest BCUT2D eigenvalue weighted by Crippen LogP contribution is -2.29. The fraction of sp³-hybridized carbons (Fsp3) is 0.400. The van der Waals surface area contributed by atoms with Gasteiger partial charge in [0.25, 0.3) is 0 Å². The minimum absolute atomic E-state index is 0.0119. The van der Waals surface area contributed by atoms with Crippen molar-refractivity contribution in [2.45, 2.75) is 20.0 Å². The minimum Gasteiger partial charge on any atom is -0.490 e. The lowest BCUT2D eigenvalue weighted by molar-refractivity contribution is 0.0851. The summed E-state index contributed by atoms with van der Waals surface area (Å²) in [4.78, 5) is 11.5. The van der Waals surface area contributed by atoms with Gasteiger partial charge in [-0.2, -0.15) is 9.78 Å². The van der Waals surface area contributed by atoms with E-state index >= 15 is 0 Å². The van der Waals surface area contributed by atoms with Crippen molar-refractivity contribution in [3.05, 3.63) is 36.4 Å². The summed E-state index contributed by atoms with van der Waals surface area (Å²) in [6, 6.07) is 5.92. The van der Waals surface area contributed by atoms with Gasteiger partial charge in [0.2, 0.25) is 5.84 Å². The van der Waals surface area contributed by atoms with Crippen molar-refractivity contribution in [2.24, 2.45) is 5.16 Å². The molecule has 0 atom stereocenters. The quantitative estimate of drug-likeness (QED) is 0.491. The summed E-state index contributed by atoms with van der Waals surface area (Å²) in [7, 11) is 2.04. The zero-order valence-corrected chi connectivity index (χ0v) is 12.9. The monoisotopic (exact) mass is 301 g/mol. The Kier molecular flexibility index (Phi) is 3.95. The Bertz CT molecular complexity index is 667. The number of fused-ring (bicyclic) bond motifs is 1. The second-order valence-electron chi connectivity index (χ2n) is 5.36. The van der Waals surface area contributed by atoms with E-state index in [0.29, 0.717) is 12.4 Å². The normalized spacial score (nSPS) is 14.7. The van der Waals surface area contributed by atoms with Crippen LogP contribution in [0.15, 0.2) is 36.0 Å². The Morgan fingerprint density at radius 2 is 2.27 bits per heavy atom. The predicted molar refractivity (Wildman–Crippen MR) is 83.4 cm³/mol. The van der Waals surface area contributed by atoms with Gasteiger partial charge in [0.1, 0.15) is 31.1 Å². The van der Waals surface area contributed by atoms with Crippen LogP contribution >= 0.6 is 0 Å². The van der Waals surface area contributed by atoms with E-state index in [0.717, 1.165) is 23.5 Å². The highest BCUT2D eigenvalue weighted by Gasteiger charge is 2.18. The van der Waals surface area contributed by atoms with Crippen molar-refractivity contribution in [1.82, 2.24) is 14.8 Å². The number of anilines is 1. The molecule has 1 aliphatic rings. The van der Waals surface area contributed by atoms with Gasteiger partial charge in [0, 0.05) is 12.6 Å². The summed E-state index contributed by atoms with van der Waals surface area (Å²) < 4.78 is 7.26. The number of hydrogen-bond acceptors (Lipinski definition) is 6. The van der Waals surface area contributed by atoms with E-state index < -0.39 is 0 Å². The summed E-state index contributed by atoms with van der Waals surface area (Å²) in [5.41, 5.74) is 1.92. The van der Waals surface area contributed by atoms with Crippen molar-refractivity contribution in [3.63, 3.8) is 0 Å². The highest BCUT2D eigenvalue weighted by Crippen LogP contribution is 2.31. The highest BCUT2D eigenvalue weighted by molar-refractivity contribution is 6.00. The predicted octanol–water partition coefficient (Wildman–Crippen LogP) is 1.74. The molecule has 22 heavy (non-hydrogen) atoms. The maximum absolute atomic E-state index is 5.67. The molecule has 0 spiro atoms. The van der Waals surface area contributed by atoms with Gasteiger partial charge < -0.3 is 14.5 Å². The van der Waals surface area contributed by atoms with Gasteiger partial charge in [-0.25, -0.2) is 4.98 Å². The van der Waals surface area contributed by atoms with Gasteiger partial charge in [-0.05, 0) is 32.0 Å². The van der Waals surface area contributed by atoms with E-state index in [-0.39, 0.29) is 6.10 Å². The summed E-state index contributed by atoms with van der Waals surface area (Å²) in [6.07, 6.45) is 3.06. The van der Waals surface area contributed by atoms with Crippen LogP contribution in [-0.4, -0.2) is 46.9 Å². The van der Waals surface area contributed by atoms with Crippen molar-refractivity contribution in [3.8, 4) is 5.75 Å². The molecule has 7 heteroatoms. The van der Waals surface area contributed by atoms with Crippen LogP contribution in [0.2, 0.25) is 0 Å². The van der Waals surface area contributed by atoms with Gasteiger partial charge in [-0.3, -0.25) is 0 Å². The van der Waals surface area contributed by atoms with E-state index in [1.807, 2.05) is 39.1 Å². The molecule has 1 aliphatic heterocycles. The lowest BCUT2D eigenvalue weighted by atomic mass is 10.1. The molecule has 0 amide bonds. The fourth-order valence-electron chi connectivity index (χ4n) is 2.19. The SMILES string of the molecule is CC(C)O/N=C(\c1ccc2c(c1)N(C)CCO2)n1cncn1. The van der Waals surface area contributed by atoms with E-state index in [1.165, 1.54) is 6.33 Å². The van der Waals surface area contributed by atoms with Crippen molar-refractivity contribution in [2.75, 3.05) is 25.1 Å². The second-order valence-corrected chi connectivity index (χ2v) is 5.36. The summed E-state index contributed by atoms with van der Waals surface area (Å²) in [6.45, 7) is 5.41. The number of ether oxygens (including phenoxy) is 1. The number of oxime groups is 1. The molecule has 0 radical (unpaired) electrons. The van der Waals surface area contributed by atoms with E-state index in [1.54, 1.807) is 11.0 Å². The van der Waals surface area contributed by atoms with Crippen LogP contribution in [0.1, 0.15) is 19.4 Å². The zero-order valence-electron chi connectivity index (χ0n) is 12.9. The molecule has 1 aromatic heterocycles. The standard InChI is InChI=1S/C15H19N5O2/c1-11(2)22-18-15(20-10-16-9-17-20)12-4-5-14-13(8-12)19(3)6-7-21-14/h4-5,8-11H,6-7H2,1-3H3/b18-15+. The molecule has 7 nitrogen and oxygen atoms in total. The number of rotatable bonds is 3. The summed E-state index contributed by atoms with van der Waals surface area (Å²) >= 11 is 0. The first kappa shape index (κ1) is 14.4. The molecule has 0 N–H and O–H groups in total. The molecule has 2 aromatic rings. The lowest BCUT2D eigenvalue weighted by Gasteiger charge is -2.28.